The van der Waals surface area contributed by atoms with Crippen molar-refractivity contribution in [2.24, 2.45) is 29.1 Å². The number of phenols is 1. The number of nitrogens with zero attached hydrogens (tertiary/aromatic N) is 2. The molecule has 1 N–H and O–H groups in total. The van der Waals surface area contributed by atoms with Crippen LogP contribution in [0, 0.1) is 41.8 Å². The van der Waals surface area contributed by atoms with E-state index in [-0.39, 0.29) is 41.8 Å². The number of fused-ring (bicyclic) bond motifs is 4. The number of rotatable bonds is 6. The number of carbonyl (C=O) groups excluding carboxylic acids is 4. The summed E-state index contributed by atoms with van der Waals surface area (Å²) in [5.74, 6) is -6.17. The second-order valence-corrected chi connectivity index (χ2v) is 15.0. The molecule has 4 aromatic carbocycles. The molecule has 11 heteroatoms. The third kappa shape index (κ3) is 5.16. The second kappa shape index (κ2) is 12.6. The predicted octanol–water partition coefficient (Wildman–Crippen LogP) is 8.16. The lowest BCUT2D eigenvalue weighted by atomic mass is 9.51. The van der Waals surface area contributed by atoms with Crippen LogP contribution in [0.15, 0.2) is 96.6 Å². The highest BCUT2D eigenvalue weighted by Gasteiger charge is 2.68. The lowest BCUT2D eigenvalue weighted by Crippen LogP contribution is -2.48. The zero-order valence-electron chi connectivity index (χ0n) is 28.2. The molecule has 0 radical (unpaired) electrons. The van der Waals surface area contributed by atoms with Gasteiger partial charge in [0, 0.05) is 22.6 Å². The number of ether oxygens (including phenoxy) is 1. The Morgan fingerprint density at radius 1 is 0.846 bits per heavy atom. The summed E-state index contributed by atoms with van der Waals surface area (Å²) in [6.45, 7) is 3.80. The van der Waals surface area contributed by atoms with Crippen LogP contribution in [-0.4, -0.2) is 28.7 Å². The molecule has 8 nitrogen and oxygen atoms in total. The van der Waals surface area contributed by atoms with Crippen LogP contribution >= 0.6 is 23.2 Å². The Labute approximate surface area is 309 Å². The number of phenolic OH excluding ortho intramolecular Hbond substituents is 1. The molecule has 0 aromatic heterocycles. The highest BCUT2D eigenvalue weighted by atomic mass is 35.5. The normalized spacial score (nSPS) is 26.6. The van der Waals surface area contributed by atoms with E-state index in [4.69, 9.17) is 27.9 Å². The molecule has 1 saturated carbocycles. The number of anilines is 2. The van der Waals surface area contributed by atoms with E-state index in [2.05, 4.69) is 0 Å². The summed E-state index contributed by atoms with van der Waals surface area (Å²) in [5, 5.41) is 11.8. The molecule has 3 fully saturated rings. The summed E-state index contributed by atoms with van der Waals surface area (Å²) in [6.07, 6.45) is 2.24. The van der Waals surface area contributed by atoms with Gasteiger partial charge in [0.05, 0.1) is 39.6 Å². The van der Waals surface area contributed by atoms with Crippen LogP contribution in [0.3, 0.4) is 0 Å². The molecule has 52 heavy (non-hydrogen) atoms. The molecular weight excluding hydrogens is 706 g/mol. The van der Waals surface area contributed by atoms with Crippen LogP contribution in [0.25, 0.3) is 0 Å². The van der Waals surface area contributed by atoms with E-state index in [1.807, 2.05) is 43.3 Å². The summed E-state index contributed by atoms with van der Waals surface area (Å²) < 4.78 is 20.2. The summed E-state index contributed by atoms with van der Waals surface area (Å²) in [7, 11) is 0. The Hall–Kier alpha value is -4.99. The maximum atomic E-state index is 14.7. The fourth-order valence-corrected chi connectivity index (χ4v) is 9.15. The first-order valence-electron chi connectivity index (χ1n) is 17.1. The quantitative estimate of drug-likeness (QED) is 0.158. The molecule has 2 saturated heterocycles. The number of hydrogen-bond donors (Lipinski definition) is 1. The van der Waals surface area contributed by atoms with E-state index in [0.717, 1.165) is 22.1 Å². The highest BCUT2D eigenvalue weighted by molar-refractivity contribution is 6.32. The molecule has 264 valence electrons. The van der Waals surface area contributed by atoms with Gasteiger partial charge in [-0.25, -0.2) is 14.2 Å². The first kappa shape index (κ1) is 34.1. The summed E-state index contributed by atoms with van der Waals surface area (Å²) in [6, 6.07) is 23.1. The molecule has 4 aromatic rings. The first-order chi connectivity index (χ1) is 24.9. The number of allylic oxidation sites excluding steroid dienone is 2. The smallest absolute Gasteiger partial charge is 0.241 e. The van der Waals surface area contributed by atoms with Gasteiger partial charge in [-0.2, -0.15) is 0 Å². The summed E-state index contributed by atoms with van der Waals surface area (Å²) in [5.41, 5.74) is 1.89. The van der Waals surface area contributed by atoms with Gasteiger partial charge in [0.2, 0.25) is 23.6 Å². The van der Waals surface area contributed by atoms with Crippen molar-refractivity contribution in [3.8, 4) is 11.5 Å². The average molecular weight is 740 g/mol. The third-order valence-electron chi connectivity index (χ3n) is 11.4. The van der Waals surface area contributed by atoms with Crippen LogP contribution in [0.2, 0.25) is 10.0 Å². The van der Waals surface area contributed by atoms with Gasteiger partial charge in [0.1, 0.15) is 23.9 Å². The van der Waals surface area contributed by atoms with Gasteiger partial charge >= 0.3 is 0 Å². The molecule has 2 heterocycles. The van der Waals surface area contributed by atoms with E-state index < -0.39 is 58.5 Å². The van der Waals surface area contributed by atoms with Crippen LogP contribution in [-0.2, 0) is 25.8 Å². The molecule has 0 unspecified atom stereocenters. The Bertz CT molecular complexity index is 2230. The van der Waals surface area contributed by atoms with E-state index >= 15 is 0 Å². The maximum Gasteiger partial charge on any atom is 0.241 e. The largest absolute Gasteiger partial charge is 0.508 e. The number of hydrogen-bond acceptors (Lipinski definition) is 6. The minimum Gasteiger partial charge on any atom is -0.508 e. The first-order valence-corrected chi connectivity index (χ1v) is 17.8. The molecule has 2 aliphatic heterocycles. The zero-order chi connectivity index (χ0) is 36.6. The van der Waals surface area contributed by atoms with E-state index in [1.54, 1.807) is 37.3 Å². The SMILES string of the molecule is Cc1ccc(N2C(=O)[C@H]3[C@H](CC=C4[C@H]3C[C@H]3C(=O)N(c5ccc(F)c(Cl)c5)C(=O)[C@@]3(C)[C@H]4c3ccc(OCc4ccccc4)cc3O)C2=O)cc1Cl. The minimum atomic E-state index is -1.42. The van der Waals surface area contributed by atoms with E-state index in [9.17, 15) is 28.7 Å². The molecular formula is C41H33Cl2FN2O6. The number of carbonyl (C=O) groups is 4. The van der Waals surface area contributed by atoms with Gasteiger partial charge in [0.25, 0.3) is 0 Å². The fourth-order valence-electron chi connectivity index (χ4n) is 8.80. The standard InChI is InChI=1S/C41H33Cl2FN2O6/c1-21-8-9-23(16-31(21)42)45-37(48)28-14-13-26-29(35(28)39(45)50)19-30-38(49)46(24-10-15-33(44)32(43)17-24)40(51)41(30,2)36(26)27-12-11-25(18-34(27)47)52-20-22-6-4-3-5-7-22/h3-13,15-18,28-30,35-36,47H,14,19-20H2,1-2H3/t28-,29+,30-,35-,36+,41+/m0/s1. The predicted molar refractivity (Wildman–Crippen MR) is 194 cm³/mol. The van der Waals surface area contributed by atoms with Crippen molar-refractivity contribution < 1.29 is 33.4 Å². The van der Waals surface area contributed by atoms with Gasteiger partial charge in [0.15, 0.2) is 0 Å². The third-order valence-corrected chi connectivity index (χ3v) is 12.1. The molecule has 8 rings (SSSR count). The van der Waals surface area contributed by atoms with Crippen molar-refractivity contribution >= 4 is 58.2 Å². The number of aryl methyl sites for hydroxylation is 1. The fraction of sp³-hybridized carbons (Fsp3) is 0.268. The molecule has 6 atom stereocenters. The van der Waals surface area contributed by atoms with Gasteiger partial charge in [-0.3, -0.25) is 19.2 Å². The minimum absolute atomic E-state index is 0.108. The van der Waals surface area contributed by atoms with Crippen molar-refractivity contribution in [2.75, 3.05) is 9.80 Å². The van der Waals surface area contributed by atoms with Crippen LogP contribution in [0.1, 0.15) is 42.4 Å². The lowest BCUT2D eigenvalue weighted by Gasteiger charge is -2.49. The van der Waals surface area contributed by atoms with Gasteiger partial charge in [-0.05, 0) is 80.1 Å². The second-order valence-electron chi connectivity index (χ2n) is 14.2. The highest BCUT2D eigenvalue weighted by Crippen LogP contribution is 2.64. The van der Waals surface area contributed by atoms with Crippen LogP contribution in [0.4, 0.5) is 15.8 Å². The van der Waals surface area contributed by atoms with Gasteiger partial charge in [-0.1, -0.05) is 77.3 Å². The number of aromatic hydroxyl groups is 1. The zero-order valence-corrected chi connectivity index (χ0v) is 29.7. The topological polar surface area (TPSA) is 104 Å². The number of imide groups is 2. The monoisotopic (exact) mass is 738 g/mol. The Morgan fingerprint density at radius 3 is 2.27 bits per heavy atom. The average Bonchev–Trinajstić information content (AvgIpc) is 3.50. The molecule has 0 spiro atoms. The number of benzene rings is 4. The Kier molecular flexibility index (Phi) is 8.27. The van der Waals surface area contributed by atoms with E-state index in [1.165, 1.54) is 23.1 Å². The maximum absolute atomic E-state index is 14.7. The van der Waals surface area contributed by atoms with Gasteiger partial charge in [-0.15, -0.1) is 0 Å². The van der Waals surface area contributed by atoms with Crippen LogP contribution in [0.5, 0.6) is 11.5 Å². The Morgan fingerprint density at radius 2 is 1.56 bits per heavy atom. The molecule has 0 bridgehead atoms. The van der Waals surface area contributed by atoms with Crippen molar-refractivity contribution in [1.29, 1.82) is 0 Å². The van der Waals surface area contributed by atoms with Crippen LogP contribution < -0.4 is 14.5 Å². The molecule has 2 aliphatic carbocycles. The number of halogens is 3. The van der Waals surface area contributed by atoms with Crippen molar-refractivity contribution in [2.45, 2.75) is 39.2 Å². The lowest BCUT2D eigenvalue weighted by molar-refractivity contribution is -0.131. The van der Waals surface area contributed by atoms with Crippen molar-refractivity contribution in [1.82, 2.24) is 0 Å². The van der Waals surface area contributed by atoms with E-state index in [0.29, 0.717) is 27.6 Å². The van der Waals surface area contributed by atoms with Gasteiger partial charge < -0.3 is 9.84 Å². The summed E-state index contributed by atoms with van der Waals surface area (Å²) in [4.78, 5) is 59.7. The Balaban J connectivity index is 1.22. The molecule has 4 amide bonds. The van der Waals surface area contributed by atoms with Crippen molar-refractivity contribution in [3.05, 3.63) is 129 Å². The summed E-state index contributed by atoms with van der Waals surface area (Å²) >= 11 is 12.5. The van der Waals surface area contributed by atoms with Crippen molar-refractivity contribution in [3.63, 3.8) is 0 Å². The molecule has 4 aliphatic rings. The number of amides is 4.